The topological polar surface area (TPSA) is 77.0 Å². The number of nitrogens with zero attached hydrogens (tertiary/aromatic N) is 3. The second-order valence-electron chi connectivity index (χ2n) is 6.53. The van der Waals surface area contributed by atoms with E-state index in [1.807, 2.05) is 60.0 Å². The third kappa shape index (κ3) is 4.69. The molecule has 7 heteroatoms. The molecule has 0 aliphatic heterocycles. The van der Waals surface area contributed by atoms with Gasteiger partial charge in [0.2, 0.25) is 0 Å². The van der Waals surface area contributed by atoms with Crippen LogP contribution in [-0.2, 0) is 0 Å². The lowest BCUT2D eigenvalue weighted by atomic mass is 10.2. The highest BCUT2D eigenvalue weighted by Gasteiger charge is 2.12. The summed E-state index contributed by atoms with van der Waals surface area (Å²) in [6, 6.07) is 17.4. The van der Waals surface area contributed by atoms with Gasteiger partial charge < -0.3 is 4.74 Å². The van der Waals surface area contributed by atoms with Gasteiger partial charge in [-0.1, -0.05) is 37.3 Å². The largest absolute Gasteiger partial charge is 0.494 e. The van der Waals surface area contributed by atoms with Crippen molar-refractivity contribution in [3.8, 4) is 28.4 Å². The van der Waals surface area contributed by atoms with E-state index in [-0.39, 0.29) is 5.91 Å². The van der Waals surface area contributed by atoms with Crippen molar-refractivity contribution in [2.75, 3.05) is 11.9 Å². The molecule has 0 spiro atoms. The zero-order chi connectivity index (χ0) is 20.8. The summed E-state index contributed by atoms with van der Waals surface area (Å²) in [5.41, 5.74) is 3.04. The molecule has 0 atom stereocenters. The minimum Gasteiger partial charge on any atom is -0.494 e. The lowest BCUT2D eigenvalue weighted by Crippen LogP contribution is -2.12. The summed E-state index contributed by atoms with van der Waals surface area (Å²) >= 11 is 1.37. The molecule has 150 valence electrons. The number of amides is 1. The summed E-state index contributed by atoms with van der Waals surface area (Å²) in [6.45, 7) is 2.77. The summed E-state index contributed by atoms with van der Waals surface area (Å²) < 4.78 is 5.60. The first-order chi connectivity index (χ1) is 14.7. The van der Waals surface area contributed by atoms with Gasteiger partial charge in [-0.3, -0.25) is 10.1 Å². The van der Waals surface area contributed by atoms with Gasteiger partial charge in [-0.05, 0) is 30.7 Å². The molecule has 1 amide bonds. The predicted molar refractivity (Wildman–Crippen MR) is 119 cm³/mol. The molecular formula is C23H20N4O2S. The molecule has 6 nitrogen and oxygen atoms in total. The Morgan fingerprint density at radius 1 is 1.00 bits per heavy atom. The molecule has 1 N–H and O–H groups in total. The maximum atomic E-state index is 12.5. The number of aromatic nitrogens is 3. The van der Waals surface area contributed by atoms with Gasteiger partial charge in [-0.2, -0.15) is 0 Å². The third-order valence-electron chi connectivity index (χ3n) is 4.29. The predicted octanol–water partition coefficient (Wildman–Crippen LogP) is 5.31. The summed E-state index contributed by atoms with van der Waals surface area (Å²) in [4.78, 5) is 25.6. The number of thiazole rings is 1. The van der Waals surface area contributed by atoms with Crippen molar-refractivity contribution in [1.29, 1.82) is 0 Å². The van der Waals surface area contributed by atoms with E-state index in [4.69, 9.17) is 4.74 Å². The smallest absolute Gasteiger partial charge is 0.260 e. The first-order valence-electron chi connectivity index (χ1n) is 9.60. The van der Waals surface area contributed by atoms with E-state index < -0.39 is 0 Å². The van der Waals surface area contributed by atoms with Crippen LogP contribution in [0.3, 0.4) is 0 Å². The van der Waals surface area contributed by atoms with E-state index in [9.17, 15) is 4.79 Å². The zero-order valence-electron chi connectivity index (χ0n) is 16.4. The van der Waals surface area contributed by atoms with Gasteiger partial charge >= 0.3 is 0 Å². The van der Waals surface area contributed by atoms with Crippen molar-refractivity contribution in [3.05, 3.63) is 77.9 Å². The lowest BCUT2D eigenvalue weighted by Gasteiger charge is -2.05. The van der Waals surface area contributed by atoms with Crippen molar-refractivity contribution in [2.45, 2.75) is 13.3 Å². The van der Waals surface area contributed by atoms with Crippen LogP contribution < -0.4 is 10.1 Å². The van der Waals surface area contributed by atoms with Crippen LogP contribution in [0, 0.1) is 0 Å². The molecule has 4 aromatic rings. The maximum Gasteiger partial charge on any atom is 0.260 e. The molecule has 0 radical (unpaired) electrons. The van der Waals surface area contributed by atoms with E-state index in [0.717, 1.165) is 29.0 Å². The molecular weight excluding hydrogens is 396 g/mol. The van der Waals surface area contributed by atoms with E-state index in [1.54, 1.807) is 0 Å². The van der Waals surface area contributed by atoms with Crippen LogP contribution in [0.25, 0.3) is 22.6 Å². The van der Waals surface area contributed by atoms with Crippen molar-refractivity contribution in [1.82, 2.24) is 15.0 Å². The van der Waals surface area contributed by atoms with Crippen molar-refractivity contribution in [3.63, 3.8) is 0 Å². The van der Waals surface area contributed by atoms with Gasteiger partial charge in [0.05, 0.1) is 17.9 Å². The van der Waals surface area contributed by atoms with Crippen LogP contribution in [0.2, 0.25) is 0 Å². The molecule has 0 aliphatic rings. The fourth-order valence-electron chi connectivity index (χ4n) is 2.76. The Bertz CT molecular complexity index is 1110. The van der Waals surface area contributed by atoms with Crippen LogP contribution in [0.15, 0.2) is 72.4 Å². The van der Waals surface area contributed by atoms with Gasteiger partial charge in [-0.25, -0.2) is 15.0 Å². The summed E-state index contributed by atoms with van der Waals surface area (Å²) in [5, 5.41) is 5.24. The van der Waals surface area contributed by atoms with E-state index in [1.165, 1.54) is 23.7 Å². The number of hydrogen-bond acceptors (Lipinski definition) is 6. The highest BCUT2D eigenvalue weighted by molar-refractivity contribution is 7.14. The number of rotatable bonds is 7. The molecule has 2 aromatic carbocycles. The average molecular weight is 417 g/mol. The summed E-state index contributed by atoms with van der Waals surface area (Å²) in [6.07, 6.45) is 4.01. The van der Waals surface area contributed by atoms with Crippen molar-refractivity contribution < 1.29 is 9.53 Å². The Morgan fingerprint density at radius 3 is 2.43 bits per heavy atom. The number of carbonyl (C=O) groups excluding carboxylic acids is 1. The molecule has 0 bridgehead atoms. The van der Waals surface area contributed by atoms with Crippen molar-refractivity contribution in [2.24, 2.45) is 0 Å². The van der Waals surface area contributed by atoms with Crippen LogP contribution in [-0.4, -0.2) is 27.5 Å². The average Bonchev–Trinajstić information content (AvgIpc) is 3.27. The van der Waals surface area contributed by atoms with Gasteiger partial charge in [0.15, 0.2) is 11.0 Å². The Kier molecular flexibility index (Phi) is 6.10. The number of benzene rings is 2. The summed E-state index contributed by atoms with van der Waals surface area (Å²) in [5.74, 6) is 1.12. The third-order valence-corrected chi connectivity index (χ3v) is 5.05. The SMILES string of the molecule is CCCOc1ccc(-c2csc(NC(=O)c3cnc(-c4ccccc4)nc3)n2)cc1. The Labute approximate surface area is 178 Å². The highest BCUT2D eigenvalue weighted by atomic mass is 32.1. The lowest BCUT2D eigenvalue weighted by molar-refractivity contribution is 0.102. The number of carbonyl (C=O) groups is 1. The fourth-order valence-corrected chi connectivity index (χ4v) is 3.47. The highest BCUT2D eigenvalue weighted by Crippen LogP contribution is 2.27. The normalized spacial score (nSPS) is 10.6. The van der Waals surface area contributed by atoms with E-state index in [2.05, 4.69) is 27.2 Å². The van der Waals surface area contributed by atoms with Crippen molar-refractivity contribution >= 4 is 22.4 Å². The second kappa shape index (κ2) is 9.28. The first-order valence-corrected chi connectivity index (χ1v) is 10.5. The van der Waals surface area contributed by atoms with Gasteiger partial charge in [-0.15, -0.1) is 11.3 Å². The monoisotopic (exact) mass is 416 g/mol. The van der Waals surface area contributed by atoms with E-state index in [0.29, 0.717) is 23.1 Å². The number of hydrogen-bond donors (Lipinski definition) is 1. The van der Waals surface area contributed by atoms with Gasteiger partial charge in [0.25, 0.3) is 5.91 Å². The Morgan fingerprint density at radius 2 is 1.73 bits per heavy atom. The van der Waals surface area contributed by atoms with Crippen LogP contribution >= 0.6 is 11.3 Å². The van der Waals surface area contributed by atoms with E-state index >= 15 is 0 Å². The van der Waals surface area contributed by atoms with Gasteiger partial charge in [0, 0.05) is 28.9 Å². The Balaban J connectivity index is 1.41. The van der Waals surface area contributed by atoms with Crippen LogP contribution in [0.1, 0.15) is 23.7 Å². The molecule has 4 rings (SSSR count). The maximum absolute atomic E-state index is 12.5. The zero-order valence-corrected chi connectivity index (χ0v) is 17.2. The minimum absolute atomic E-state index is 0.293. The molecule has 30 heavy (non-hydrogen) atoms. The number of nitrogens with one attached hydrogen (secondary N) is 1. The molecule has 0 unspecified atom stereocenters. The fraction of sp³-hybridized carbons (Fsp3) is 0.130. The number of ether oxygens (including phenoxy) is 1. The molecule has 2 heterocycles. The van der Waals surface area contributed by atoms with Crippen LogP contribution in [0.5, 0.6) is 5.75 Å². The molecule has 0 aliphatic carbocycles. The number of anilines is 1. The molecule has 0 saturated heterocycles. The van der Waals surface area contributed by atoms with Crippen LogP contribution in [0.4, 0.5) is 5.13 Å². The van der Waals surface area contributed by atoms with Gasteiger partial charge in [0.1, 0.15) is 5.75 Å². The Hall–Kier alpha value is -3.58. The first kappa shape index (κ1) is 19.7. The molecule has 0 saturated carbocycles. The second-order valence-corrected chi connectivity index (χ2v) is 7.38. The minimum atomic E-state index is -0.293. The standard InChI is InChI=1S/C23H20N4O2S/c1-2-12-29-19-10-8-16(9-11-19)20-15-30-23(26-20)27-22(28)18-13-24-21(25-14-18)17-6-4-3-5-7-17/h3-11,13-15H,2,12H2,1H3,(H,26,27,28). The quantitative estimate of drug-likeness (QED) is 0.442. The molecule has 0 fully saturated rings. The molecule has 2 aromatic heterocycles. The summed E-state index contributed by atoms with van der Waals surface area (Å²) in [7, 11) is 0.